The lowest BCUT2D eigenvalue weighted by Gasteiger charge is -1.80. The summed E-state index contributed by atoms with van der Waals surface area (Å²) < 4.78 is 5.13. The van der Waals surface area contributed by atoms with Gasteiger partial charge in [0.2, 0.25) is 0 Å². The van der Waals surface area contributed by atoms with Crippen LogP contribution < -0.4 is 0 Å². The monoisotopic (exact) mass is 219 g/mol. The zero-order valence-corrected chi connectivity index (χ0v) is 8.62. The van der Waals surface area contributed by atoms with Gasteiger partial charge in [0.1, 0.15) is 0 Å². The first-order valence-electron chi connectivity index (χ1n) is 4.38. The summed E-state index contributed by atoms with van der Waals surface area (Å²) in [5.74, 6) is 0. The van der Waals surface area contributed by atoms with E-state index >= 15 is 0 Å². The van der Waals surface area contributed by atoms with E-state index in [-0.39, 0.29) is 0 Å². The third kappa shape index (κ3) is 2.54. The number of hydrogen-bond donors (Lipinski definition) is 2. The van der Waals surface area contributed by atoms with Crippen molar-refractivity contribution in [3.63, 3.8) is 0 Å². The first-order chi connectivity index (χ1) is 7.36. The molecule has 1 aromatic carbocycles. The Balaban J connectivity index is 0.000000144. The Morgan fingerprint density at radius 3 is 2.67 bits per heavy atom. The van der Waals surface area contributed by atoms with Crippen LogP contribution in [0.5, 0.6) is 0 Å². The second-order valence-electron chi connectivity index (χ2n) is 2.78. The summed E-state index contributed by atoms with van der Waals surface area (Å²) in [6.07, 6.45) is 3.46. The van der Waals surface area contributed by atoms with Gasteiger partial charge in [0.25, 0.3) is 4.84 Å². The van der Waals surface area contributed by atoms with Crippen molar-refractivity contribution in [1.29, 1.82) is 0 Å². The van der Waals surface area contributed by atoms with Gasteiger partial charge in [-0.05, 0) is 30.4 Å². The van der Waals surface area contributed by atoms with Gasteiger partial charge in [-0.1, -0.05) is 12.1 Å². The van der Waals surface area contributed by atoms with E-state index in [0.29, 0.717) is 4.84 Å². The first kappa shape index (κ1) is 9.67. The maximum Gasteiger partial charge on any atom is 0.266 e. The van der Waals surface area contributed by atoms with E-state index in [9.17, 15) is 0 Å². The molecule has 0 saturated carbocycles. The van der Waals surface area contributed by atoms with E-state index in [1.54, 1.807) is 12.4 Å². The van der Waals surface area contributed by atoms with Gasteiger partial charge in [0.15, 0.2) is 5.58 Å². The standard InChI is InChI=1S/C7H5NOS.C3H4N2/c10-7-8-5-3-1-2-4-6(5)9-7;1-2-4-5-3-1/h1-4H,(H,8,10);1-3H,(H,4,5). The molecule has 2 aromatic heterocycles. The lowest BCUT2D eigenvalue weighted by molar-refractivity contribution is 0.583. The molecule has 0 unspecified atom stereocenters. The average Bonchev–Trinajstić information content (AvgIpc) is 2.87. The molecular weight excluding hydrogens is 210 g/mol. The zero-order valence-electron chi connectivity index (χ0n) is 7.81. The molecule has 0 radical (unpaired) electrons. The first-order valence-corrected chi connectivity index (χ1v) is 4.79. The fourth-order valence-corrected chi connectivity index (χ4v) is 1.31. The van der Waals surface area contributed by atoms with Crippen molar-refractivity contribution < 1.29 is 4.42 Å². The van der Waals surface area contributed by atoms with Gasteiger partial charge < -0.3 is 9.40 Å². The molecule has 76 valence electrons. The predicted octanol–water partition coefficient (Wildman–Crippen LogP) is 2.90. The van der Waals surface area contributed by atoms with Crippen LogP contribution in [0.2, 0.25) is 0 Å². The van der Waals surface area contributed by atoms with Gasteiger partial charge in [-0.3, -0.25) is 5.10 Å². The van der Waals surface area contributed by atoms with Crippen LogP contribution >= 0.6 is 12.2 Å². The Hall–Kier alpha value is -1.88. The van der Waals surface area contributed by atoms with Crippen molar-refractivity contribution in [3.8, 4) is 0 Å². The Kier molecular flexibility index (Phi) is 2.94. The molecule has 0 amide bonds. The van der Waals surface area contributed by atoms with Gasteiger partial charge in [0, 0.05) is 12.4 Å². The summed E-state index contributed by atoms with van der Waals surface area (Å²) in [7, 11) is 0. The van der Waals surface area contributed by atoms with Crippen molar-refractivity contribution in [2.24, 2.45) is 0 Å². The highest BCUT2D eigenvalue weighted by atomic mass is 32.1. The highest BCUT2D eigenvalue weighted by Gasteiger charge is 1.93. The van der Waals surface area contributed by atoms with Crippen LogP contribution in [-0.4, -0.2) is 15.2 Å². The van der Waals surface area contributed by atoms with E-state index in [2.05, 4.69) is 15.2 Å². The summed E-state index contributed by atoms with van der Waals surface area (Å²) in [6, 6.07) is 9.48. The minimum absolute atomic E-state index is 0.432. The van der Waals surface area contributed by atoms with Gasteiger partial charge in [-0.2, -0.15) is 5.10 Å². The molecule has 4 nitrogen and oxygen atoms in total. The van der Waals surface area contributed by atoms with E-state index in [4.69, 9.17) is 16.6 Å². The summed E-state index contributed by atoms with van der Waals surface area (Å²) in [5, 5.41) is 6.21. The van der Waals surface area contributed by atoms with Crippen LogP contribution in [0.3, 0.4) is 0 Å². The number of H-pyrrole nitrogens is 2. The number of fused-ring (bicyclic) bond motifs is 1. The molecule has 3 rings (SSSR count). The number of oxazole rings is 1. The van der Waals surface area contributed by atoms with E-state index in [1.165, 1.54) is 0 Å². The number of aromatic nitrogens is 3. The second kappa shape index (κ2) is 4.56. The Bertz CT molecular complexity index is 514. The Morgan fingerprint density at radius 2 is 2.07 bits per heavy atom. The van der Waals surface area contributed by atoms with E-state index in [0.717, 1.165) is 11.1 Å². The molecule has 0 saturated heterocycles. The molecule has 2 N–H and O–H groups in total. The molecule has 0 spiro atoms. The molecule has 2 heterocycles. The van der Waals surface area contributed by atoms with Crippen molar-refractivity contribution in [2.75, 3.05) is 0 Å². The number of rotatable bonds is 0. The Morgan fingerprint density at radius 1 is 1.20 bits per heavy atom. The molecule has 0 fully saturated rings. The highest BCUT2D eigenvalue weighted by Crippen LogP contribution is 2.10. The number of aromatic amines is 2. The number of para-hydroxylation sites is 2. The predicted molar refractivity (Wildman–Crippen MR) is 60.0 cm³/mol. The minimum atomic E-state index is 0.432. The molecule has 0 bridgehead atoms. The fourth-order valence-electron chi connectivity index (χ4n) is 1.11. The summed E-state index contributed by atoms with van der Waals surface area (Å²) >= 11 is 4.79. The third-order valence-electron chi connectivity index (χ3n) is 1.73. The number of nitrogens with zero attached hydrogens (tertiary/aromatic N) is 1. The largest absolute Gasteiger partial charge is 0.429 e. The fraction of sp³-hybridized carbons (Fsp3) is 0. The SMILES string of the molecule is S=c1[nH]c2ccccc2o1.c1cn[nH]c1. The molecule has 5 heteroatoms. The van der Waals surface area contributed by atoms with Crippen molar-refractivity contribution >= 4 is 23.3 Å². The smallest absolute Gasteiger partial charge is 0.266 e. The minimum Gasteiger partial charge on any atom is -0.429 e. The van der Waals surface area contributed by atoms with Crippen molar-refractivity contribution in [1.82, 2.24) is 15.2 Å². The lowest BCUT2D eigenvalue weighted by Crippen LogP contribution is -1.62. The van der Waals surface area contributed by atoms with Crippen LogP contribution in [0.1, 0.15) is 0 Å². The maximum absolute atomic E-state index is 5.13. The van der Waals surface area contributed by atoms with Crippen LogP contribution in [-0.2, 0) is 0 Å². The van der Waals surface area contributed by atoms with Gasteiger partial charge in [0.05, 0.1) is 5.52 Å². The number of benzene rings is 1. The van der Waals surface area contributed by atoms with Crippen LogP contribution in [0.4, 0.5) is 0 Å². The van der Waals surface area contributed by atoms with Crippen LogP contribution in [0.25, 0.3) is 11.1 Å². The zero-order chi connectivity index (χ0) is 10.5. The molecule has 15 heavy (non-hydrogen) atoms. The van der Waals surface area contributed by atoms with Gasteiger partial charge in [-0.15, -0.1) is 0 Å². The van der Waals surface area contributed by atoms with Crippen molar-refractivity contribution in [3.05, 3.63) is 47.6 Å². The van der Waals surface area contributed by atoms with Gasteiger partial charge in [-0.25, -0.2) is 0 Å². The van der Waals surface area contributed by atoms with Crippen molar-refractivity contribution in [2.45, 2.75) is 0 Å². The summed E-state index contributed by atoms with van der Waals surface area (Å²) in [5.41, 5.74) is 1.76. The normalized spacial score (nSPS) is 9.60. The summed E-state index contributed by atoms with van der Waals surface area (Å²) in [4.78, 5) is 3.34. The molecule has 0 aliphatic heterocycles. The molecule has 3 aromatic rings. The third-order valence-corrected chi connectivity index (χ3v) is 1.92. The lowest BCUT2D eigenvalue weighted by atomic mass is 10.3. The molecule has 0 aliphatic rings. The van der Waals surface area contributed by atoms with Crippen LogP contribution in [0.15, 0.2) is 47.1 Å². The van der Waals surface area contributed by atoms with Gasteiger partial charge >= 0.3 is 0 Å². The number of nitrogens with one attached hydrogen (secondary N) is 2. The molecule has 0 atom stereocenters. The quantitative estimate of drug-likeness (QED) is 0.571. The van der Waals surface area contributed by atoms with E-state index < -0.39 is 0 Å². The van der Waals surface area contributed by atoms with Crippen LogP contribution in [0, 0.1) is 4.84 Å². The molecule has 0 aliphatic carbocycles. The average molecular weight is 219 g/mol. The second-order valence-corrected chi connectivity index (χ2v) is 3.15. The number of hydrogen-bond acceptors (Lipinski definition) is 3. The maximum atomic E-state index is 5.13. The summed E-state index contributed by atoms with van der Waals surface area (Å²) in [6.45, 7) is 0. The molecular formula is C10H9N3OS. The van der Waals surface area contributed by atoms with E-state index in [1.807, 2.05) is 30.3 Å². The highest BCUT2D eigenvalue weighted by molar-refractivity contribution is 7.71. The topological polar surface area (TPSA) is 57.6 Å². The Labute approximate surface area is 90.9 Å².